The average molecular weight is 308 g/mol. The van der Waals surface area contributed by atoms with E-state index in [2.05, 4.69) is 26.6 Å². The van der Waals surface area contributed by atoms with Crippen LogP contribution in [-0.4, -0.2) is 59.1 Å². The van der Waals surface area contributed by atoms with Crippen LogP contribution in [0.3, 0.4) is 0 Å². The maximum absolute atomic E-state index is 11.3. The molecule has 3 rings (SSSR count). The van der Waals surface area contributed by atoms with E-state index in [0.717, 1.165) is 58.3 Å². The molecule has 0 bridgehead atoms. The first-order valence-corrected chi connectivity index (χ1v) is 8.90. The monoisotopic (exact) mass is 308 g/mol. The summed E-state index contributed by atoms with van der Waals surface area (Å²) in [5.74, 6) is -0.632. The average Bonchev–Trinajstić information content (AvgIpc) is 3.17. The topological polar surface area (TPSA) is 43.8 Å². The molecule has 1 unspecified atom stereocenters. The van der Waals surface area contributed by atoms with Crippen LogP contribution in [-0.2, 0) is 11.2 Å². The normalized spacial score (nSPS) is 25.4. The first-order valence-electron chi connectivity index (χ1n) is 7.96. The number of carboxylic acids is 1. The van der Waals surface area contributed by atoms with Gasteiger partial charge in [-0.1, -0.05) is 0 Å². The fraction of sp³-hybridized carbons (Fsp3) is 0.688. The van der Waals surface area contributed by atoms with E-state index in [-0.39, 0.29) is 6.04 Å². The van der Waals surface area contributed by atoms with Crippen molar-refractivity contribution in [1.82, 2.24) is 9.80 Å². The van der Waals surface area contributed by atoms with Crippen molar-refractivity contribution in [3.05, 3.63) is 22.4 Å². The lowest BCUT2D eigenvalue weighted by molar-refractivity contribution is -0.143. The van der Waals surface area contributed by atoms with Crippen molar-refractivity contribution in [2.45, 2.75) is 44.2 Å². The number of likely N-dealkylation sites (tertiary alicyclic amines) is 2. The van der Waals surface area contributed by atoms with E-state index in [1.165, 1.54) is 5.56 Å². The van der Waals surface area contributed by atoms with Gasteiger partial charge in [-0.05, 0) is 74.1 Å². The third-order valence-electron chi connectivity index (χ3n) is 4.90. The van der Waals surface area contributed by atoms with Crippen LogP contribution in [0.1, 0.15) is 31.2 Å². The predicted octanol–water partition coefficient (Wildman–Crippen LogP) is 2.30. The highest BCUT2D eigenvalue weighted by molar-refractivity contribution is 7.07. The van der Waals surface area contributed by atoms with Crippen molar-refractivity contribution in [2.75, 3.05) is 26.2 Å². The predicted molar refractivity (Wildman–Crippen MR) is 84.8 cm³/mol. The maximum atomic E-state index is 11.3. The van der Waals surface area contributed by atoms with Crippen molar-refractivity contribution < 1.29 is 9.90 Å². The lowest BCUT2D eigenvalue weighted by Gasteiger charge is -2.38. The Morgan fingerprint density at radius 3 is 2.76 bits per heavy atom. The Kier molecular flexibility index (Phi) is 4.93. The molecule has 1 atom stereocenters. The molecule has 2 saturated heterocycles. The van der Waals surface area contributed by atoms with Gasteiger partial charge < -0.3 is 10.0 Å². The van der Waals surface area contributed by atoms with Crippen LogP contribution >= 0.6 is 11.3 Å². The summed E-state index contributed by atoms with van der Waals surface area (Å²) in [6, 6.07) is 2.46. The molecule has 4 nitrogen and oxygen atoms in total. The molecule has 2 aliphatic heterocycles. The van der Waals surface area contributed by atoms with Gasteiger partial charge in [-0.3, -0.25) is 9.69 Å². The summed E-state index contributed by atoms with van der Waals surface area (Å²) in [4.78, 5) is 16.1. The Morgan fingerprint density at radius 1 is 1.29 bits per heavy atom. The second kappa shape index (κ2) is 6.90. The van der Waals surface area contributed by atoms with E-state index in [1.807, 2.05) is 0 Å². The summed E-state index contributed by atoms with van der Waals surface area (Å²) in [5.41, 5.74) is 1.44. The SMILES string of the molecule is O=C(O)C1CCCN1C1CCN(CCc2ccsc2)CC1. The molecule has 1 aromatic rings. The zero-order chi connectivity index (χ0) is 14.7. The summed E-state index contributed by atoms with van der Waals surface area (Å²) in [6.45, 7) is 4.32. The molecule has 0 radical (unpaired) electrons. The van der Waals surface area contributed by atoms with Crippen LogP contribution in [0.2, 0.25) is 0 Å². The molecule has 0 aromatic carbocycles. The van der Waals surface area contributed by atoms with Crippen LogP contribution < -0.4 is 0 Å². The summed E-state index contributed by atoms with van der Waals surface area (Å²) >= 11 is 1.77. The summed E-state index contributed by atoms with van der Waals surface area (Å²) in [6.07, 6.45) is 5.24. The second-order valence-corrected chi connectivity index (χ2v) is 6.97. The highest BCUT2D eigenvalue weighted by Gasteiger charge is 2.36. The smallest absolute Gasteiger partial charge is 0.320 e. The number of piperidine rings is 1. The van der Waals surface area contributed by atoms with E-state index in [0.29, 0.717) is 6.04 Å². The molecule has 116 valence electrons. The first kappa shape index (κ1) is 15.0. The highest BCUT2D eigenvalue weighted by Crippen LogP contribution is 2.26. The summed E-state index contributed by atoms with van der Waals surface area (Å²) in [7, 11) is 0. The number of hydrogen-bond donors (Lipinski definition) is 1. The van der Waals surface area contributed by atoms with Gasteiger partial charge in [0.25, 0.3) is 0 Å². The fourth-order valence-electron chi connectivity index (χ4n) is 3.69. The minimum Gasteiger partial charge on any atom is -0.480 e. The number of thiophene rings is 1. The summed E-state index contributed by atoms with van der Waals surface area (Å²) < 4.78 is 0. The Labute approximate surface area is 130 Å². The molecule has 2 fully saturated rings. The molecule has 5 heteroatoms. The van der Waals surface area contributed by atoms with Crippen molar-refractivity contribution >= 4 is 17.3 Å². The molecular weight excluding hydrogens is 284 g/mol. The highest BCUT2D eigenvalue weighted by atomic mass is 32.1. The van der Waals surface area contributed by atoms with E-state index in [4.69, 9.17) is 0 Å². The Balaban J connectivity index is 1.45. The van der Waals surface area contributed by atoms with Crippen molar-refractivity contribution in [1.29, 1.82) is 0 Å². The standard InChI is InChI=1S/C16H24N2O2S/c19-16(20)15-2-1-7-18(15)14-4-9-17(10-5-14)8-3-13-6-11-21-12-13/h6,11-12,14-15H,1-5,7-10H2,(H,19,20). The van der Waals surface area contributed by atoms with Gasteiger partial charge >= 0.3 is 5.97 Å². The summed E-state index contributed by atoms with van der Waals surface area (Å²) in [5, 5.41) is 13.7. The van der Waals surface area contributed by atoms with E-state index >= 15 is 0 Å². The van der Waals surface area contributed by atoms with Gasteiger partial charge in [0.1, 0.15) is 6.04 Å². The van der Waals surface area contributed by atoms with Gasteiger partial charge in [0.05, 0.1) is 0 Å². The number of aliphatic carboxylic acids is 1. The Morgan fingerprint density at radius 2 is 2.10 bits per heavy atom. The first-order chi connectivity index (χ1) is 10.2. The van der Waals surface area contributed by atoms with E-state index in [9.17, 15) is 9.90 Å². The molecule has 2 aliphatic rings. The van der Waals surface area contributed by atoms with Crippen LogP contribution in [0, 0.1) is 0 Å². The molecule has 1 N–H and O–H groups in total. The van der Waals surface area contributed by atoms with Crippen molar-refractivity contribution in [3.8, 4) is 0 Å². The number of carbonyl (C=O) groups is 1. The maximum Gasteiger partial charge on any atom is 0.320 e. The lowest BCUT2D eigenvalue weighted by Crippen LogP contribution is -2.49. The molecule has 0 amide bonds. The minimum absolute atomic E-state index is 0.229. The third-order valence-corrected chi connectivity index (χ3v) is 5.63. The molecule has 1 aromatic heterocycles. The molecule has 3 heterocycles. The molecule has 0 saturated carbocycles. The van der Waals surface area contributed by atoms with Crippen LogP contribution in [0.25, 0.3) is 0 Å². The minimum atomic E-state index is -0.632. The molecule has 0 spiro atoms. The van der Waals surface area contributed by atoms with Gasteiger partial charge in [0, 0.05) is 12.6 Å². The van der Waals surface area contributed by atoms with Gasteiger partial charge in [0.15, 0.2) is 0 Å². The van der Waals surface area contributed by atoms with Gasteiger partial charge in [-0.15, -0.1) is 0 Å². The Hall–Kier alpha value is -0.910. The number of nitrogens with zero attached hydrogens (tertiary/aromatic N) is 2. The molecule has 0 aliphatic carbocycles. The molecule has 21 heavy (non-hydrogen) atoms. The van der Waals surface area contributed by atoms with Crippen molar-refractivity contribution in [3.63, 3.8) is 0 Å². The zero-order valence-electron chi connectivity index (χ0n) is 12.4. The van der Waals surface area contributed by atoms with Crippen molar-refractivity contribution in [2.24, 2.45) is 0 Å². The number of rotatable bonds is 5. The molecular formula is C16H24N2O2S. The van der Waals surface area contributed by atoms with Crippen LogP contribution in [0.4, 0.5) is 0 Å². The number of hydrogen-bond acceptors (Lipinski definition) is 4. The Bertz CT molecular complexity index is 455. The van der Waals surface area contributed by atoms with E-state index < -0.39 is 5.97 Å². The van der Waals surface area contributed by atoms with E-state index in [1.54, 1.807) is 11.3 Å². The lowest BCUT2D eigenvalue weighted by atomic mass is 10.0. The number of carboxylic acid groups (broad SMARTS) is 1. The fourth-order valence-corrected chi connectivity index (χ4v) is 4.39. The van der Waals surface area contributed by atoms with Gasteiger partial charge in [-0.2, -0.15) is 11.3 Å². The third kappa shape index (κ3) is 3.65. The second-order valence-electron chi connectivity index (χ2n) is 6.19. The zero-order valence-corrected chi connectivity index (χ0v) is 13.2. The van der Waals surface area contributed by atoms with Crippen LogP contribution in [0.5, 0.6) is 0 Å². The van der Waals surface area contributed by atoms with Gasteiger partial charge in [0.2, 0.25) is 0 Å². The largest absolute Gasteiger partial charge is 0.480 e. The van der Waals surface area contributed by atoms with Crippen LogP contribution in [0.15, 0.2) is 16.8 Å². The van der Waals surface area contributed by atoms with Gasteiger partial charge in [-0.25, -0.2) is 0 Å². The quantitative estimate of drug-likeness (QED) is 0.906.